The van der Waals surface area contributed by atoms with E-state index in [4.69, 9.17) is 30.2 Å². The highest BCUT2D eigenvalue weighted by Gasteiger charge is 2.26. The highest BCUT2D eigenvalue weighted by molar-refractivity contribution is 6.23. The van der Waals surface area contributed by atoms with Crippen LogP contribution in [0.4, 0.5) is 0 Å². The van der Waals surface area contributed by atoms with E-state index in [1.807, 2.05) is 6.07 Å². The topological polar surface area (TPSA) is 74.0 Å². The molecule has 0 aliphatic heterocycles. The highest BCUT2D eigenvalue weighted by atomic mass is 35.5. The van der Waals surface area contributed by atoms with E-state index in [9.17, 15) is 5.11 Å². The maximum absolute atomic E-state index is 10.1. The smallest absolute Gasteiger partial charge is 0.230 e. The van der Waals surface area contributed by atoms with Crippen LogP contribution in [0.3, 0.4) is 0 Å². The van der Waals surface area contributed by atoms with Gasteiger partial charge in [0.25, 0.3) is 0 Å². The van der Waals surface area contributed by atoms with Gasteiger partial charge in [-0.05, 0) is 32.0 Å². The number of nitrogens with zero attached hydrogens (tertiary/aromatic N) is 1. The van der Waals surface area contributed by atoms with Crippen molar-refractivity contribution < 1.29 is 23.7 Å². The summed E-state index contributed by atoms with van der Waals surface area (Å²) in [6.45, 7) is 3.47. The van der Waals surface area contributed by atoms with Gasteiger partial charge in [-0.3, -0.25) is 0 Å². The van der Waals surface area contributed by atoms with Crippen molar-refractivity contribution in [3.8, 4) is 17.2 Å². The number of benzene rings is 1. The summed E-state index contributed by atoms with van der Waals surface area (Å²) >= 11 is 6.11. The first-order valence-electron chi connectivity index (χ1n) is 7.78. The lowest BCUT2D eigenvalue weighted by molar-refractivity contribution is 0.0795. The molecule has 25 heavy (non-hydrogen) atoms. The maximum Gasteiger partial charge on any atom is 0.230 e. The van der Waals surface area contributed by atoms with E-state index in [1.54, 1.807) is 39.4 Å². The molecule has 0 saturated carbocycles. The van der Waals surface area contributed by atoms with E-state index in [0.717, 1.165) is 10.8 Å². The Kier molecular flexibility index (Phi) is 4.67. The SMILES string of the molecule is COc1c2ccoc2nc2c(OC)c(OCC(O)C(C)(C)Cl)ccc12. The Morgan fingerprint density at radius 3 is 2.52 bits per heavy atom. The molecule has 1 N–H and O–H groups in total. The van der Waals surface area contributed by atoms with Gasteiger partial charge in [-0.1, -0.05) is 0 Å². The fraction of sp³-hybridized carbons (Fsp3) is 0.389. The predicted molar refractivity (Wildman–Crippen MR) is 96.1 cm³/mol. The van der Waals surface area contributed by atoms with Gasteiger partial charge in [0.05, 0.1) is 30.7 Å². The summed E-state index contributed by atoms with van der Waals surface area (Å²) in [6, 6.07) is 5.39. The number of halogens is 1. The van der Waals surface area contributed by atoms with Gasteiger partial charge in [-0.25, -0.2) is 4.98 Å². The van der Waals surface area contributed by atoms with Gasteiger partial charge in [0, 0.05) is 5.39 Å². The summed E-state index contributed by atoms with van der Waals surface area (Å²) in [7, 11) is 3.13. The Hall–Kier alpha value is -2.18. The minimum absolute atomic E-state index is 0.0263. The standard InChI is InChI=1S/C18H20ClNO5/c1-18(2,19)13(21)9-25-12-6-5-10-14(16(12)23-4)20-17-11(7-8-24-17)15(10)22-3/h5-8,13,21H,9H2,1-4H3. The van der Waals surface area contributed by atoms with Gasteiger partial charge >= 0.3 is 0 Å². The van der Waals surface area contributed by atoms with Crippen LogP contribution < -0.4 is 14.2 Å². The summed E-state index contributed by atoms with van der Waals surface area (Å²) in [5.74, 6) is 1.55. The summed E-state index contributed by atoms with van der Waals surface area (Å²) in [5.41, 5.74) is 1.00. The zero-order valence-electron chi connectivity index (χ0n) is 14.5. The molecule has 1 unspecified atom stereocenters. The largest absolute Gasteiger partial charge is 0.495 e. The van der Waals surface area contributed by atoms with E-state index >= 15 is 0 Å². The number of pyridine rings is 1. The molecule has 0 spiro atoms. The molecule has 6 nitrogen and oxygen atoms in total. The fourth-order valence-electron chi connectivity index (χ4n) is 2.55. The van der Waals surface area contributed by atoms with E-state index < -0.39 is 11.0 Å². The van der Waals surface area contributed by atoms with Crippen LogP contribution in [0.15, 0.2) is 28.9 Å². The normalized spacial score (nSPS) is 13.2. The summed E-state index contributed by atoms with van der Waals surface area (Å²) in [5, 5.41) is 11.6. The first-order chi connectivity index (χ1) is 11.9. The van der Waals surface area contributed by atoms with Crippen molar-refractivity contribution in [3.63, 3.8) is 0 Å². The molecule has 7 heteroatoms. The zero-order chi connectivity index (χ0) is 18.2. The molecule has 3 aromatic rings. The first kappa shape index (κ1) is 17.6. The summed E-state index contributed by atoms with van der Waals surface area (Å²) in [6.07, 6.45) is 0.714. The predicted octanol–water partition coefficient (Wildman–Crippen LogP) is 3.76. The quantitative estimate of drug-likeness (QED) is 0.670. The van der Waals surface area contributed by atoms with E-state index in [-0.39, 0.29) is 6.61 Å². The van der Waals surface area contributed by atoms with Crippen molar-refractivity contribution in [1.82, 2.24) is 4.98 Å². The lowest BCUT2D eigenvalue weighted by Gasteiger charge is -2.24. The Balaban J connectivity index is 2.08. The van der Waals surface area contributed by atoms with Crippen molar-refractivity contribution in [1.29, 1.82) is 0 Å². The number of aromatic nitrogens is 1. The Morgan fingerprint density at radius 2 is 1.88 bits per heavy atom. The molecule has 0 fully saturated rings. The number of fused-ring (bicyclic) bond motifs is 2. The van der Waals surface area contributed by atoms with Crippen molar-refractivity contribution in [2.24, 2.45) is 0 Å². The second-order valence-corrected chi connectivity index (χ2v) is 7.14. The molecule has 2 aromatic heterocycles. The number of methoxy groups -OCH3 is 2. The van der Waals surface area contributed by atoms with Crippen LogP contribution in [0.25, 0.3) is 22.0 Å². The van der Waals surface area contributed by atoms with Gasteiger partial charge in [-0.2, -0.15) is 0 Å². The van der Waals surface area contributed by atoms with E-state index in [0.29, 0.717) is 28.5 Å². The Labute approximate surface area is 150 Å². The number of aliphatic hydroxyl groups is 1. The van der Waals surface area contributed by atoms with Crippen LogP contribution >= 0.6 is 11.6 Å². The summed E-state index contributed by atoms with van der Waals surface area (Å²) in [4.78, 5) is 3.71. The van der Waals surface area contributed by atoms with Crippen LogP contribution in [0, 0.1) is 0 Å². The second-order valence-electron chi connectivity index (χ2n) is 6.17. The second kappa shape index (κ2) is 6.61. The molecule has 0 amide bonds. The monoisotopic (exact) mass is 365 g/mol. The molecule has 1 atom stereocenters. The minimum atomic E-state index is -0.843. The molecule has 3 rings (SSSR count). The average molecular weight is 366 g/mol. The molecule has 0 aliphatic carbocycles. The van der Waals surface area contributed by atoms with Crippen molar-refractivity contribution >= 4 is 33.6 Å². The number of hydrogen-bond donors (Lipinski definition) is 1. The third-order valence-electron chi connectivity index (χ3n) is 4.04. The molecular weight excluding hydrogens is 346 g/mol. The van der Waals surface area contributed by atoms with Crippen LogP contribution in [-0.4, -0.2) is 41.9 Å². The molecular formula is C18H20ClNO5. The van der Waals surface area contributed by atoms with Gasteiger partial charge in [0.15, 0.2) is 11.5 Å². The number of rotatable bonds is 6. The highest BCUT2D eigenvalue weighted by Crippen LogP contribution is 2.41. The molecule has 2 heterocycles. The number of hydrogen-bond acceptors (Lipinski definition) is 6. The Morgan fingerprint density at radius 1 is 1.16 bits per heavy atom. The molecule has 0 bridgehead atoms. The van der Waals surface area contributed by atoms with Gasteiger partial charge in [0.1, 0.15) is 24.0 Å². The van der Waals surface area contributed by atoms with Crippen LogP contribution in [0.2, 0.25) is 0 Å². The van der Waals surface area contributed by atoms with E-state index in [1.165, 1.54) is 7.11 Å². The zero-order valence-corrected chi connectivity index (χ0v) is 15.3. The fourth-order valence-corrected chi connectivity index (χ4v) is 2.61. The summed E-state index contributed by atoms with van der Waals surface area (Å²) < 4.78 is 22.2. The number of ether oxygens (including phenoxy) is 3. The first-order valence-corrected chi connectivity index (χ1v) is 8.16. The molecule has 0 aliphatic rings. The average Bonchev–Trinajstić information content (AvgIpc) is 3.04. The minimum Gasteiger partial charge on any atom is -0.495 e. The third kappa shape index (κ3) is 3.19. The van der Waals surface area contributed by atoms with Crippen LogP contribution in [0.5, 0.6) is 17.2 Å². The lowest BCUT2D eigenvalue weighted by atomic mass is 10.1. The van der Waals surface area contributed by atoms with Gasteiger partial charge in [-0.15, -0.1) is 11.6 Å². The molecule has 0 radical (unpaired) electrons. The van der Waals surface area contributed by atoms with Gasteiger partial charge < -0.3 is 23.7 Å². The Bertz CT molecular complexity index is 900. The van der Waals surface area contributed by atoms with Crippen LogP contribution in [-0.2, 0) is 0 Å². The van der Waals surface area contributed by atoms with E-state index in [2.05, 4.69) is 4.98 Å². The third-order valence-corrected chi connectivity index (χ3v) is 4.29. The van der Waals surface area contributed by atoms with Gasteiger partial charge in [0.2, 0.25) is 5.71 Å². The van der Waals surface area contributed by atoms with Crippen molar-refractivity contribution in [2.75, 3.05) is 20.8 Å². The molecule has 134 valence electrons. The lowest BCUT2D eigenvalue weighted by Crippen LogP contribution is -2.35. The van der Waals surface area contributed by atoms with Crippen LogP contribution in [0.1, 0.15) is 13.8 Å². The molecule has 0 saturated heterocycles. The van der Waals surface area contributed by atoms with Crippen molar-refractivity contribution in [3.05, 3.63) is 24.5 Å². The molecule has 1 aromatic carbocycles. The number of aliphatic hydroxyl groups excluding tert-OH is 1. The van der Waals surface area contributed by atoms with Crippen molar-refractivity contribution in [2.45, 2.75) is 24.8 Å². The number of alkyl halides is 1. The maximum atomic E-state index is 10.1. The number of furan rings is 1.